The molecule has 1 nitrogen and oxygen atoms in total. The minimum Gasteiger partial charge on any atom is -0.488 e. The Morgan fingerprint density at radius 3 is 2.71 bits per heavy atom. The molecule has 0 N–H and O–H groups in total. The van der Waals surface area contributed by atoms with Crippen LogP contribution in [0.2, 0.25) is 0 Å². The maximum Gasteiger partial charge on any atom is 0.134 e. The number of hydrogen-bond donors (Lipinski definition) is 0. The van der Waals surface area contributed by atoms with Gasteiger partial charge in [-0.25, -0.2) is 4.39 Å². The maximum atomic E-state index is 13.0. The molecule has 0 saturated carbocycles. The molecule has 0 aromatic heterocycles. The minimum atomic E-state index is -0.242. The van der Waals surface area contributed by atoms with Crippen LogP contribution < -0.4 is 4.74 Å². The van der Waals surface area contributed by atoms with E-state index in [-0.39, 0.29) is 5.82 Å². The van der Waals surface area contributed by atoms with E-state index >= 15 is 0 Å². The van der Waals surface area contributed by atoms with Crippen molar-refractivity contribution in [2.45, 2.75) is 13.5 Å². The zero-order chi connectivity index (χ0) is 12.3. The van der Waals surface area contributed by atoms with Gasteiger partial charge in [0.25, 0.3) is 0 Å². The van der Waals surface area contributed by atoms with Gasteiger partial charge in [0.1, 0.15) is 18.2 Å². The lowest BCUT2D eigenvalue weighted by Crippen LogP contribution is -1.96. The van der Waals surface area contributed by atoms with Gasteiger partial charge in [0, 0.05) is 0 Å². The highest BCUT2D eigenvalue weighted by molar-refractivity contribution is 9.10. The molecule has 0 aliphatic carbocycles. The Morgan fingerprint density at radius 2 is 2.00 bits per heavy atom. The standard InChI is InChI=1S/C14H12BrFO/c1-10-5-6-14(13(15)7-10)17-9-11-3-2-4-12(16)8-11/h2-8H,9H2,1H3. The van der Waals surface area contributed by atoms with Gasteiger partial charge in [0.15, 0.2) is 0 Å². The minimum absolute atomic E-state index is 0.242. The summed E-state index contributed by atoms with van der Waals surface area (Å²) in [5.74, 6) is 0.522. The van der Waals surface area contributed by atoms with E-state index < -0.39 is 0 Å². The third-order valence-electron chi connectivity index (χ3n) is 2.37. The zero-order valence-corrected chi connectivity index (χ0v) is 11.0. The average Bonchev–Trinajstić information content (AvgIpc) is 2.28. The van der Waals surface area contributed by atoms with Gasteiger partial charge in [-0.05, 0) is 58.2 Å². The van der Waals surface area contributed by atoms with Crippen LogP contribution >= 0.6 is 15.9 Å². The van der Waals surface area contributed by atoms with Crippen molar-refractivity contribution in [3.63, 3.8) is 0 Å². The molecule has 3 heteroatoms. The van der Waals surface area contributed by atoms with Crippen LogP contribution in [0.25, 0.3) is 0 Å². The van der Waals surface area contributed by atoms with E-state index in [0.29, 0.717) is 6.61 Å². The molecule has 0 saturated heterocycles. The summed E-state index contributed by atoms with van der Waals surface area (Å²) in [6.07, 6.45) is 0. The molecule has 0 spiro atoms. The first-order valence-electron chi connectivity index (χ1n) is 5.28. The summed E-state index contributed by atoms with van der Waals surface area (Å²) in [4.78, 5) is 0. The smallest absolute Gasteiger partial charge is 0.134 e. The summed E-state index contributed by atoms with van der Waals surface area (Å²) in [6.45, 7) is 2.38. The molecule has 2 aromatic carbocycles. The van der Waals surface area contributed by atoms with Gasteiger partial charge in [-0.2, -0.15) is 0 Å². The summed E-state index contributed by atoms with van der Waals surface area (Å²) in [7, 11) is 0. The number of aryl methyl sites for hydroxylation is 1. The highest BCUT2D eigenvalue weighted by atomic mass is 79.9. The molecule has 0 amide bonds. The maximum absolute atomic E-state index is 13.0. The monoisotopic (exact) mass is 294 g/mol. The molecule has 2 aromatic rings. The molecular weight excluding hydrogens is 283 g/mol. The van der Waals surface area contributed by atoms with Gasteiger partial charge in [0.05, 0.1) is 4.47 Å². The topological polar surface area (TPSA) is 9.23 Å². The second-order valence-electron chi connectivity index (χ2n) is 3.85. The Labute approximate surface area is 108 Å². The number of ether oxygens (including phenoxy) is 1. The summed E-state index contributed by atoms with van der Waals surface area (Å²) >= 11 is 3.44. The SMILES string of the molecule is Cc1ccc(OCc2cccc(F)c2)c(Br)c1. The Bertz CT molecular complexity index is 525. The molecule has 17 heavy (non-hydrogen) atoms. The van der Waals surface area contributed by atoms with Gasteiger partial charge in [-0.15, -0.1) is 0 Å². The van der Waals surface area contributed by atoms with Gasteiger partial charge < -0.3 is 4.74 Å². The number of rotatable bonds is 3. The lowest BCUT2D eigenvalue weighted by atomic mass is 10.2. The van der Waals surface area contributed by atoms with Gasteiger partial charge in [-0.3, -0.25) is 0 Å². The number of hydrogen-bond acceptors (Lipinski definition) is 1. The van der Waals surface area contributed by atoms with E-state index in [2.05, 4.69) is 15.9 Å². The first kappa shape index (κ1) is 12.1. The van der Waals surface area contributed by atoms with E-state index in [0.717, 1.165) is 21.3 Å². The summed E-state index contributed by atoms with van der Waals surface area (Å²) < 4.78 is 19.5. The summed E-state index contributed by atoms with van der Waals surface area (Å²) in [5, 5.41) is 0. The predicted octanol–water partition coefficient (Wildman–Crippen LogP) is 4.48. The van der Waals surface area contributed by atoms with Crippen molar-refractivity contribution in [1.29, 1.82) is 0 Å². The van der Waals surface area contributed by atoms with Gasteiger partial charge in [-0.1, -0.05) is 18.2 Å². The van der Waals surface area contributed by atoms with Crippen LogP contribution in [0.15, 0.2) is 46.9 Å². The van der Waals surface area contributed by atoms with E-state index in [4.69, 9.17) is 4.74 Å². The molecule has 0 fully saturated rings. The van der Waals surface area contributed by atoms with Crippen LogP contribution in [0, 0.1) is 12.7 Å². The van der Waals surface area contributed by atoms with Crippen molar-refractivity contribution in [3.05, 3.63) is 63.9 Å². The second kappa shape index (κ2) is 5.32. The highest BCUT2D eigenvalue weighted by Gasteiger charge is 2.02. The highest BCUT2D eigenvalue weighted by Crippen LogP contribution is 2.26. The van der Waals surface area contributed by atoms with E-state index in [9.17, 15) is 4.39 Å². The Hall–Kier alpha value is -1.35. The first-order valence-corrected chi connectivity index (χ1v) is 6.08. The van der Waals surface area contributed by atoms with Crippen molar-refractivity contribution >= 4 is 15.9 Å². The van der Waals surface area contributed by atoms with Crippen molar-refractivity contribution in [2.24, 2.45) is 0 Å². The predicted molar refractivity (Wildman–Crippen MR) is 69.6 cm³/mol. The first-order chi connectivity index (χ1) is 8.15. The molecule has 2 rings (SSSR count). The van der Waals surface area contributed by atoms with Crippen LogP contribution in [-0.4, -0.2) is 0 Å². The van der Waals surface area contributed by atoms with E-state index in [1.165, 1.54) is 12.1 Å². The molecule has 0 aliphatic rings. The molecular formula is C14H12BrFO. The average molecular weight is 295 g/mol. The van der Waals surface area contributed by atoms with E-state index in [1.807, 2.05) is 31.2 Å². The van der Waals surface area contributed by atoms with Gasteiger partial charge >= 0.3 is 0 Å². The third-order valence-corrected chi connectivity index (χ3v) is 2.99. The largest absolute Gasteiger partial charge is 0.488 e. The quantitative estimate of drug-likeness (QED) is 0.811. The number of benzene rings is 2. The third kappa shape index (κ3) is 3.30. The Balaban J connectivity index is 2.07. The molecule has 88 valence electrons. The molecule has 0 bridgehead atoms. The van der Waals surface area contributed by atoms with Crippen LogP contribution in [0.3, 0.4) is 0 Å². The fraction of sp³-hybridized carbons (Fsp3) is 0.143. The summed E-state index contributed by atoms with van der Waals surface area (Å²) in [6, 6.07) is 12.3. The van der Waals surface area contributed by atoms with Crippen LogP contribution in [0.1, 0.15) is 11.1 Å². The van der Waals surface area contributed by atoms with Gasteiger partial charge in [0.2, 0.25) is 0 Å². The van der Waals surface area contributed by atoms with E-state index in [1.54, 1.807) is 6.07 Å². The van der Waals surface area contributed by atoms with Crippen LogP contribution in [0.4, 0.5) is 4.39 Å². The van der Waals surface area contributed by atoms with Crippen molar-refractivity contribution in [1.82, 2.24) is 0 Å². The normalized spacial score (nSPS) is 10.3. The molecule has 0 heterocycles. The van der Waals surface area contributed by atoms with Crippen LogP contribution in [-0.2, 0) is 6.61 Å². The van der Waals surface area contributed by atoms with Crippen LogP contribution in [0.5, 0.6) is 5.75 Å². The fourth-order valence-corrected chi connectivity index (χ4v) is 2.12. The Kier molecular flexibility index (Phi) is 3.79. The van der Waals surface area contributed by atoms with Crippen molar-refractivity contribution in [3.8, 4) is 5.75 Å². The lowest BCUT2D eigenvalue weighted by Gasteiger charge is -2.08. The Morgan fingerprint density at radius 1 is 1.18 bits per heavy atom. The molecule has 0 atom stereocenters. The van der Waals surface area contributed by atoms with Crippen molar-refractivity contribution < 1.29 is 9.13 Å². The fourth-order valence-electron chi connectivity index (χ4n) is 1.51. The second-order valence-corrected chi connectivity index (χ2v) is 4.71. The lowest BCUT2D eigenvalue weighted by molar-refractivity contribution is 0.303. The summed E-state index contributed by atoms with van der Waals surface area (Å²) in [5.41, 5.74) is 1.98. The van der Waals surface area contributed by atoms with Crippen molar-refractivity contribution in [2.75, 3.05) is 0 Å². The molecule has 0 unspecified atom stereocenters. The number of halogens is 2. The molecule has 0 radical (unpaired) electrons. The molecule has 0 aliphatic heterocycles. The zero-order valence-electron chi connectivity index (χ0n) is 9.41.